The maximum atomic E-state index is 13.1. The molecule has 174 valence electrons. The van der Waals surface area contributed by atoms with E-state index in [2.05, 4.69) is 39.7 Å². The molecular weight excluding hydrogens is 464 g/mol. The van der Waals surface area contributed by atoms with Crippen molar-refractivity contribution < 1.29 is 24.2 Å². The zero-order valence-electron chi connectivity index (χ0n) is 19.8. The number of carboxylic acid groups (broad SMARTS) is 1. The molecule has 1 saturated heterocycles. The average Bonchev–Trinajstić information content (AvgIpc) is 2.60. The number of esters is 1. The molecule has 8 heteroatoms. The summed E-state index contributed by atoms with van der Waals surface area (Å²) in [6, 6.07) is 0. The summed E-state index contributed by atoms with van der Waals surface area (Å²) in [6.07, 6.45) is 0.556. The van der Waals surface area contributed by atoms with Gasteiger partial charge in [-0.1, -0.05) is 13.8 Å². The minimum absolute atomic E-state index is 0.0761. The molecule has 0 radical (unpaired) electrons. The van der Waals surface area contributed by atoms with Gasteiger partial charge in [0.2, 0.25) is 0 Å². The van der Waals surface area contributed by atoms with E-state index in [1.807, 2.05) is 20.8 Å². The summed E-state index contributed by atoms with van der Waals surface area (Å²) in [7, 11) is 0. The van der Waals surface area contributed by atoms with Crippen molar-refractivity contribution in [3.05, 3.63) is 21.4 Å². The zero-order valence-corrected chi connectivity index (χ0v) is 21.4. The van der Waals surface area contributed by atoms with Crippen molar-refractivity contribution in [2.24, 2.45) is 5.41 Å². The van der Waals surface area contributed by atoms with E-state index >= 15 is 0 Å². The first-order valence-corrected chi connectivity index (χ1v) is 11.5. The highest BCUT2D eigenvalue weighted by Gasteiger charge is 2.38. The van der Waals surface area contributed by atoms with Crippen molar-refractivity contribution in [2.75, 3.05) is 18.0 Å². The van der Waals surface area contributed by atoms with Crippen LogP contribution >= 0.6 is 15.9 Å². The van der Waals surface area contributed by atoms with E-state index in [1.165, 1.54) is 0 Å². The lowest BCUT2D eigenvalue weighted by atomic mass is 9.82. The van der Waals surface area contributed by atoms with Crippen LogP contribution in [-0.4, -0.2) is 46.8 Å². The Kier molecular flexibility index (Phi) is 7.80. The number of aromatic nitrogens is 1. The Morgan fingerprint density at radius 3 is 2.19 bits per heavy atom. The lowest BCUT2D eigenvalue weighted by molar-refractivity contribution is -0.171. The van der Waals surface area contributed by atoms with Gasteiger partial charge >= 0.3 is 11.9 Å². The van der Waals surface area contributed by atoms with Crippen LogP contribution in [0.2, 0.25) is 0 Å². The molecule has 0 aliphatic carbocycles. The number of ether oxygens (including phenoxy) is 2. The SMILES string of the molecule is Cc1nc(C(=O)O)c(Br)c(N2CCC(C)(C)CC2)c1[C@H](OC(C)(C)C)C(=O)OC(C)C. The Morgan fingerprint density at radius 1 is 1.19 bits per heavy atom. The molecule has 1 aliphatic rings. The van der Waals surface area contributed by atoms with Crippen LogP contribution in [0.3, 0.4) is 0 Å². The molecule has 2 rings (SSSR count). The highest BCUT2D eigenvalue weighted by Crippen LogP contribution is 2.43. The average molecular weight is 499 g/mol. The molecule has 1 aromatic heterocycles. The molecule has 0 amide bonds. The van der Waals surface area contributed by atoms with Gasteiger partial charge in [-0.05, 0) is 75.7 Å². The van der Waals surface area contributed by atoms with Crippen LogP contribution in [0.25, 0.3) is 0 Å². The van der Waals surface area contributed by atoms with Gasteiger partial charge in [0.25, 0.3) is 0 Å². The van der Waals surface area contributed by atoms with E-state index in [0.717, 1.165) is 25.9 Å². The largest absolute Gasteiger partial charge is 0.476 e. The van der Waals surface area contributed by atoms with Gasteiger partial charge in [-0.2, -0.15) is 0 Å². The Hall–Kier alpha value is -1.67. The number of carbonyl (C=O) groups is 2. The fraction of sp³-hybridized carbons (Fsp3) is 0.696. The van der Waals surface area contributed by atoms with Crippen LogP contribution < -0.4 is 4.90 Å². The van der Waals surface area contributed by atoms with Gasteiger partial charge in [0.1, 0.15) is 0 Å². The van der Waals surface area contributed by atoms with Gasteiger partial charge in [-0.3, -0.25) is 0 Å². The Morgan fingerprint density at radius 2 is 1.74 bits per heavy atom. The Labute approximate surface area is 193 Å². The predicted octanol–water partition coefficient (Wildman–Crippen LogP) is 5.28. The number of rotatable bonds is 6. The number of nitrogens with zero attached hydrogens (tertiary/aromatic N) is 2. The summed E-state index contributed by atoms with van der Waals surface area (Å²) in [5.41, 5.74) is 1.14. The molecule has 1 aliphatic heterocycles. The molecule has 1 atom stereocenters. The predicted molar refractivity (Wildman–Crippen MR) is 124 cm³/mol. The Balaban J connectivity index is 2.71. The van der Waals surface area contributed by atoms with Gasteiger partial charge in [0.15, 0.2) is 11.8 Å². The molecule has 31 heavy (non-hydrogen) atoms. The summed E-state index contributed by atoms with van der Waals surface area (Å²) in [4.78, 5) is 31.4. The first-order chi connectivity index (χ1) is 14.1. The van der Waals surface area contributed by atoms with Gasteiger partial charge in [-0.15, -0.1) is 0 Å². The molecule has 1 fully saturated rings. The van der Waals surface area contributed by atoms with Gasteiger partial charge in [0, 0.05) is 24.3 Å². The number of halogens is 1. The third-order valence-corrected chi connectivity index (χ3v) is 6.03. The van der Waals surface area contributed by atoms with Crippen LogP contribution in [0.4, 0.5) is 5.69 Å². The maximum Gasteiger partial charge on any atom is 0.355 e. The molecule has 0 unspecified atom stereocenters. The number of carboxylic acids is 1. The summed E-state index contributed by atoms with van der Waals surface area (Å²) in [5, 5.41) is 9.71. The van der Waals surface area contributed by atoms with Crippen LogP contribution in [0, 0.1) is 12.3 Å². The van der Waals surface area contributed by atoms with E-state index in [1.54, 1.807) is 20.8 Å². The quantitative estimate of drug-likeness (QED) is 0.533. The van der Waals surface area contributed by atoms with Crippen molar-refractivity contribution in [2.45, 2.75) is 86.0 Å². The standard InChI is InChI=1S/C23H35BrN2O5/c1-13(2)30-21(29)19(31-22(4,5)6)15-14(3)25-17(20(27)28)16(24)18(15)26-11-9-23(7,8)10-12-26/h13,19H,9-12H2,1-8H3,(H,27,28)/t19-/m0/s1. The van der Waals surface area contributed by atoms with Crippen LogP contribution in [0.15, 0.2) is 4.47 Å². The third-order valence-electron chi connectivity index (χ3n) is 5.28. The van der Waals surface area contributed by atoms with Crippen molar-refractivity contribution in [1.29, 1.82) is 0 Å². The summed E-state index contributed by atoms with van der Waals surface area (Å²) in [6.45, 7) is 16.8. The van der Waals surface area contributed by atoms with E-state index in [4.69, 9.17) is 9.47 Å². The molecule has 1 aromatic rings. The number of piperidine rings is 1. The fourth-order valence-electron chi connectivity index (χ4n) is 3.65. The number of anilines is 1. The smallest absolute Gasteiger partial charge is 0.355 e. The molecule has 7 nitrogen and oxygen atoms in total. The number of carbonyl (C=O) groups excluding carboxylic acids is 1. The van der Waals surface area contributed by atoms with Crippen molar-refractivity contribution in [1.82, 2.24) is 4.98 Å². The molecule has 0 saturated carbocycles. The van der Waals surface area contributed by atoms with Crippen LogP contribution in [0.1, 0.15) is 89.2 Å². The number of aromatic carboxylic acids is 1. The topological polar surface area (TPSA) is 89.0 Å². The second-order valence-electron chi connectivity index (χ2n) is 10.2. The normalized spacial score (nSPS) is 17.5. The first kappa shape index (κ1) is 25.6. The number of hydrogen-bond acceptors (Lipinski definition) is 6. The molecule has 1 N–H and O–H groups in total. The van der Waals surface area contributed by atoms with E-state index in [9.17, 15) is 14.7 Å². The first-order valence-electron chi connectivity index (χ1n) is 10.7. The third kappa shape index (κ3) is 6.42. The van der Waals surface area contributed by atoms with E-state index in [-0.39, 0.29) is 17.2 Å². The zero-order chi connectivity index (χ0) is 23.7. The molecule has 0 spiro atoms. The second-order valence-corrected chi connectivity index (χ2v) is 11.0. The number of pyridine rings is 1. The minimum Gasteiger partial charge on any atom is -0.476 e. The highest BCUT2D eigenvalue weighted by molar-refractivity contribution is 9.10. The summed E-state index contributed by atoms with van der Waals surface area (Å²) in [5.74, 6) is -1.64. The van der Waals surface area contributed by atoms with Crippen LogP contribution in [-0.2, 0) is 14.3 Å². The lowest BCUT2D eigenvalue weighted by Gasteiger charge is -2.40. The molecule has 0 bridgehead atoms. The number of aryl methyl sites for hydroxylation is 1. The Bertz CT molecular complexity index is 835. The lowest BCUT2D eigenvalue weighted by Crippen LogP contribution is -2.39. The van der Waals surface area contributed by atoms with Gasteiger partial charge in [-0.25, -0.2) is 14.6 Å². The maximum absolute atomic E-state index is 13.1. The summed E-state index contributed by atoms with van der Waals surface area (Å²) < 4.78 is 12.1. The minimum atomic E-state index is -1.13. The van der Waals surface area contributed by atoms with Crippen molar-refractivity contribution >= 4 is 33.6 Å². The van der Waals surface area contributed by atoms with Crippen molar-refractivity contribution in [3.63, 3.8) is 0 Å². The van der Waals surface area contributed by atoms with E-state index in [0.29, 0.717) is 21.4 Å². The highest BCUT2D eigenvalue weighted by atomic mass is 79.9. The second kappa shape index (κ2) is 9.45. The molecule has 2 heterocycles. The monoisotopic (exact) mass is 498 g/mol. The fourth-order valence-corrected chi connectivity index (χ4v) is 4.37. The van der Waals surface area contributed by atoms with Gasteiger partial charge in [0.05, 0.1) is 21.9 Å². The van der Waals surface area contributed by atoms with E-state index < -0.39 is 23.6 Å². The molecular formula is C23H35BrN2O5. The molecule has 0 aromatic carbocycles. The summed E-state index contributed by atoms with van der Waals surface area (Å²) >= 11 is 3.49. The number of hydrogen-bond donors (Lipinski definition) is 1. The van der Waals surface area contributed by atoms with Crippen LogP contribution in [0.5, 0.6) is 0 Å². The van der Waals surface area contributed by atoms with Crippen molar-refractivity contribution in [3.8, 4) is 0 Å². The van der Waals surface area contributed by atoms with Gasteiger partial charge < -0.3 is 19.5 Å².